The number of hydrogen-bond donors (Lipinski definition) is 1. The first-order valence-corrected chi connectivity index (χ1v) is 6.83. The summed E-state index contributed by atoms with van der Waals surface area (Å²) in [5.74, 6) is -1.17. The van der Waals surface area contributed by atoms with Crippen LogP contribution in [-0.2, 0) is 6.42 Å². The van der Waals surface area contributed by atoms with E-state index >= 15 is 0 Å². The number of benzene rings is 2. The Hall–Kier alpha value is -1.16. The van der Waals surface area contributed by atoms with Crippen molar-refractivity contribution in [2.24, 2.45) is 0 Å². The molecule has 106 valence electrons. The smallest absolute Gasteiger partial charge is 0.129 e. The third-order valence-corrected chi connectivity index (χ3v) is 3.79. The zero-order chi connectivity index (χ0) is 14.7. The fourth-order valence-electron chi connectivity index (χ4n) is 2.10. The van der Waals surface area contributed by atoms with Gasteiger partial charge in [0.2, 0.25) is 0 Å². The van der Waals surface area contributed by atoms with Crippen molar-refractivity contribution in [3.8, 4) is 0 Å². The van der Waals surface area contributed by atoms with Gasteiger partial charge >= 0.3 is 0 Å². The highest BCUT2D eigenvalue weighted by Crippen LogP contribution is 2.32. The minimum Gasteiger partial charge on any atom is -0.313 e. The van der Waals surface area contributed by atoms with E-state index in [0.717, 1.165) is 6.07 Å². The van der Waals surface area contributed by atoms with Crippen LogP contribution < -0.4 is 5.32 Å². The van der Waals surface area contributed by atoms with Gasteiger partial charge in [0.15, 0.2) is 0 Å². The molecule has 0 aliphatic rings. The van der Waals surface area contributed by atoms with Gasteiger partial charge in [0.25, 0.3) is 0 Å². The van der Waals surface area contributed by atoms with E-state index in [1.165, 1.54) is 12.1 Å². The number of rotatable bonds is 4. The molecular weight excluding hydrogens is 303 g/mol. The van der Waals surface area contributed by atoms with E-state index in [1.54, 1.807) is 25.2 Å². The van der Waals surface area contributed by atoms with Crippen molar-refractivity contribution in [2.45, 2.75) is 12.5 Å². The SMILES string of the molecule is CNC(Cc1ccc(F)cc1F)c1c(Cl)cccc1Cl. The third kappa shape index (κ3) is 3.29. The lowest BCUT2D eigenvalue weighted by Crippen LogP contribution is -2.20. The standard InChI is InChI=1S/C15H13Cl2F2N/c1-20-14(15-11(16)3-2-4-12(15)17)7-9-5-6-10(18)8-13(9)19/h2-6,8,14,20H,7H2,1H3. The van der Waals surface area contributed by atoms with E-state index in [1.807, 2.05) is 0 Å². The monoisotopic (exact) mass is 315 g/mol. The van der Waals surface area contributed by atoms with Crippen molar-refractivity contribution in [2.75, 3.05) is 7.05 Å². The van der Waals surface area contributed by atoms with E-state index in [-0.39, 0.29) is 6.04 Å². The average Bonchev–Trinajstić information content (AvgIpc) is 2.39. The first kappa shape index (κ1) is 15.2. The minimum atomic E-state index is -0.594. The summed E-state index contributed by atoms with van der Waals surface area (Å²) in [4.78, 5) is 0. The molecule has 2 rings (SSSR count). The zero-order valence-electron chi connectivity index (χ0n) is 10.8. The second kappa shape index (κ2) is 6.53. The summed E-state index contributed by atoms with van der Waals surface area (Å²) >= 11 is 12.3. The summed E-state index contributed by atoms with van der Waals surface area (Å²) in [6, 6.07) is 8.49. The molecule has 20 heavy (non-hydrogen) atoms. The number of nitrogens with one attached hydrogen (secondary N) is 1. The van der Waals surface area contributed by atoms with Crippen LogP contribution in [0.4, 0.5) is 8.78 Å². The van der Waals surface area contributed by atoms with Crippen LogP contribution in [0.3, 0.4) is 0 Å². The van der Waals surface area contributed by atoms with Gasteiger partial charge in [-0.3, -0.25) is 0 Å². The fourth-order valence-corrected chi connectivity index (χ4v) is 2.76. The van der Waals surface area contributed by atoms with Crippen LogP contribution in [0.5, 0.6) is 0 Å². The summed E-state index contributed by atoms with van der Waals surface area (Å²) in [6.07, 6.45) is 0.325. The van der Waals surface area contributed by atoms with Crippen LogP contribution in [0.25, 0.3) is 0 Å². The van der Waals surface area contributed by atoms with E-state index in [2.05, 4.69) is 5.32 Å². The van der Waals surface area contributed by atoms with Crippen molar-refractivity contribution in [1.82, 2.24) is 5.32 Å². The molecule has 0 radical (unpaired) electrons. The highest BCUT2D eigenvalue weighted by atomic mass is 35.5. The first-order valence-electron chi connectivity index (χ1n) is 6.08. The van der Waals surface area contributed by atoms with Gasteiger partial charge in [-0.1, -0.05) is 35.3 Å². The molecule has 0 saturated carbocycles. The highest BCUT2D eigenvalue weighted by Gasteiger charge is 2.18. The second-order valence-corrected chi connectivity index (χ2v) is 5.23. The Kier molecular flexibility index (Phi) is 4.97. The largest absolute Gasteiger partial charge is 0.313 e. The molecule has 0 heterocycles. The third-order valence-electron chi connectivity index (χ3n) is 3.14. The predicted octanol–water partition coefficient (Wildman–Crippen LogP) is 4.77. The van der Waals surface area contributed by atoms with Crippen LogP contribution in [0.2, 0.25) is 10.0 Å². The van der Waals surface area contributed by atoms with Gasteiger partial charge in [-0.25, -0.2) is 8.78 Å². The molecule has 0 fully saturated rings. The van der Waals surface area contributed by atoms with Crippen molar-refractivity contribution in [3.63, 3.8) is 0 Å². The number of hydrogen-bond acceptors (Lipinski definition) is 1. The quantitative estimate of drug-likeness (QED) is 0.856. The van der Waals surface area contributed by atoms with Gasteiger partial charge in [-0.2, -0.15) is 0 Å². The molecule has 1 unspecified atom stereocenters. The van der Waals surface area contributed by atoms with E-state index in [4.69, 9.17) is 23.2 Å². The van der Waals surface area contributed by atoms with Gasteiger partial charge in [0.1, 0.15) is 11.6 Å². The summed E-state index contributed by atoms with van der Waals surface area (Å²) in [5, 5.41) is 4.09. The molecule has 0 amide bonds. The van der Waals surface area contributed by atoms with Gasteiger partial charge in [0, 0.05) is 27.7 Å². The zero-order valence-corrected chi connectivity index (χ0v) is 12.3. The Balaban J connectivity index is 2.34. The maximum atomic E-state index is 13.7. The Labute approximate surface area is 126 Å². The second-order valence-electron chi connectivity index (χ2n) is 4.42. The van der Waals surface area contributed by atoms with Crippen molar-refractivity contribution in [1.29, 1.82) is 0 Å². The molecule has 0 saturated heterocycles. The van der Waals surface area contributed by atoms with Gasteiger partial charge < -0.3 is 5.32 Å². The van der Waals surface area contributed by atoms with Crippen molar-refractivity contribution >= 4 is 23.2 Å². The van der Waals surface area contributed by atoms with Crippen LogP contribution in [0, 0.1) is 11.6 Å². The molecule has 2 aromatic rings. The lowest BCUT2D eigenvalue weighted by molar-refractivity contribution is 0.541. The average molecular weight is 316 g/mol. The van der Waals surface area contributed by atoms with E-state index in [9.17, 15) is 8.78 Å². The molecule has 0 spiro atoms. The lowest BCUT2D eigenvalue weighted by atomic mass is 9.98. The Bertz CT molecular complexity index is 597. The van der Waals surface area contributed by atoms with E-state index < -0.39 is 11.6 Å². The van der Waals surface area contributed by atoms with Gasteiger partial charge in [-0.05, 0) is 37.2 Å². The molecular formula is C15H13Cl2F2N. The number of halogens is 4. The topological polar surface area (TPSA) is 12.0 Å². The molecule has 0 aliphatic carbocycles. The highest BCUT2D eigenvalue weighted by molar-refractivity contribution is 6.36. The first-order chi connectivity index (χ1) is 9.52. The number of likely N-dealkylation sites (N-methyl/N-ethyl adjacent to an activating group) is 1. The van der Waals surface area contributed by atoms with Crippen molar-refractivity contribution in [3.05, 3.63) is 69.2 Å². The minimum absolute atomic E-state index is 0.254. The molecule has 0 aliphatic heterocycles. The van der Waals surface area contributed by atoms with E-state index in [0.29, 0.717) is 27.6 Å². The molecule has 1 N–H and O–H groups in total. The Morgan fingerprint density at radius 3 is 2.30 bits per heavy atom. The predicted molar refractivity (Wildman–Crippen MR) is 78.3 cm³/mol. The Morgan fingerprint density at radius 1 is 1.10 bits per heavy atom. The lowest BCUT2D eigenvalue weighted by Gasteiger charge is -2.19. The molecule has 0 bridgehead atoms. The van der Waals surface area contributed by atoms with Crippen molar-refractivity contribution < 1.29 is 8.78 Å². The van der Waals surface area contributed by atoms with Crippen LogP contribution in [0.1, 0.15) is 17.2 Å². The maximum Gasteiger partial charge on any atom is 0.129 e. The maximum absolute atomic E-state index is 13.7. The molecule has 2 aromatic carbocycles. The van der Waals surface area contributed by atoms with Crippen LogP contribution in [0.15, 0.2) is 36.4 Å². The van der Waals surface area contributed by atoms with Gasteiger partial charge in [-0.15, -0.1) is 0 Å². The molecule has 0 aromatic heterocycles. The molecule has 1 atom stereocenters. The fraction of sp³-hybridized carbons (Fsp3) is 0.200. The summed E-state index contributed by atoms with van der Waals surface area (Å²) < 4.78 is 26.7. The normalized spacial score (nSPS) is 12.4. The molecule has 1 nitrogen and oxygen atoms in total. The molecule has 5 heteroatoms. The Morgan fingerprint density at radius 2 is 1.75 bits per heavy atom. The van der Waals surface area contributed by atoms with Gasteiger partial charge in [0.05, 0.1) is 0 Å². The van der Waals surface area contributed by atoms with Crippen LogP contribution in [-0.4, -0.2) is 7.05 Å². The summed E-state index contributed by atoms with van der Waals surface area (Å²) in [6.45, 7) is 0. The summed E-state index contributed by atoms with van der Waals surface area (Å²) in [5.41, 5.74) is 1.11. The van der Waals surface area contributed by atoms with Crippen LogP contribution >= 0.6 is 23.2 Å². The summed E-state index contributed by atoms with van der Waals surface area (Å²) in [7, 11) is 1.74.